The number of likely N-dealkylation sites (tertiary alicyclic amines) is 1. The normalized spacial score (nSPS) is 32.3. The lowest BCUT2D eigenvalue weighted by Gasteiger charge is -2.52. The van der Waals surface area contributed by atoms with Gasteiger partial charge in [-0.3, -0.25) is 4.79 Å². The fourth-order valence-corrected chi connectivity index (χ4v) is 5.54. The van der Waals surface area contributed by atoms with Gasteiger partial charge in [0.1, 0.15) is 0 Å². The van der Waals surface area contributed by atoms with Crippen molar-refractivity contribution in [1.29, 1.82) is 0 Å². The van der Waals surface area contributed by atoms with Gasteiger partial charge in [-0.2, -0.15) is 0 Å². The molecular formula is C24H35NO2. The van der Waals surface area contributed by atoms with Crippen molar-refractivity contribution < 1.29 is 9.90 Å². The van der Waals surface area contributed by atoms with Crippen molar-refractivity contribution in [3.05, 3.63) is 35.4 Å². The van der Waals surface area contributed by atoms with Crippen LogP contribution >= 0.6 is 0 Å². The van der Waals surface area contributed by atoms with Gasteiger partial charge in [0.25, 0.3) is 0 Å². The molecule has 3 nitrogen and oxygen atoms in total. The highest BCUT2D eigenvalue weighted by Gasteiger charge is 2.53. The molecule has 3 fully saturated rings. The predicted molar refractivity (Wildman–Crippen MR) is 109 cm³/mol. The van der Waals surface area contributed by atoms with Crippen molar-refractivity contribution in [2.75, 3.05) is 13.1 Å². The first kappa shape index (κ1) is 19.0. The van der Waals surface area contributed by atoms with Crippen molar-refractivity contribution in [3.8, 4) is 0 Å². The highest BCUT2D eigenvalue weighted by atomic mass is 16.3. The molecule has 1 heterocycles. The van der Waals surface area contributed by atoms with Crippen molar-refractivity contribution >= 4 is 5.91 Å². The average Bonchev–Trinajstić information content (AvgIpc) is 3.02. The van der Waals surface area contributed by atoms with Gasteiger partial charge in [-0.15, -0.1) is 0 Å². The Morgan fingerprint density at radius 2 is 1.93 bits per heavy atom. The van der Waals surface area contributed by atoms with E-state index >= 15 is 0 Å². The molecule has 27 heavy (non-hydrogen) atoms. The van der Waals surface area contributed by atoms with E-state index in [4.69, 9.17) is 0 Å². The van der Waals surface area contributed by atoms with Crippen LogP contribution in [0.1, 0.15) is 83.3 Å². The quantitative estimate of drug-likeness (QED) is 0.844. The smallest absolute Gasteiger partial charge is 0.225 e. The lowest BCUT2D eigenvalue weighted by Crippen LogP contribution is -2.61. The third kappa shape index (κ3) is 3.44. The summed E-state index contributed by atoms with van der Waals surface area (Å²) in [6.07, 6.45) is 5.78. The first-order chi connectivity index (χ1) is 12.6. The number of aliphatic hydroxyl groups is 1. The summed E-state index contributed by atoms with van der Waals surface area (Å²) in [6, 6.07) is 9.16. The minimum atomic E-state index is -0.570. The van der Waals surface area contributed by atoms with Crippen LogP contribution in [0.15, 0.2) is 24.3 Å². The Balaban J connectivity index is 1.34. The third-order valence-electron chi connectivity index (χ3n) is 7.55. The molecule has 3 heteroatoms. The van der Waals surface area contributed by atoms with Gasteiger partial charge in [0.2, 0.25) is 5.91 Å². The van der Waals surface area contributed by atoms with Crippen LogP contribution in [0.4, 0.5) is 0 Å². The Hall–Kier alpha value is -1.35. The topological polar surface area (TPSA) is 40.5 Å². The van der Waals surface area contributed by atoms with Crippen molar-refractivity contribution in [3.63, 3.8) is 0 Å². The maximum atomic E-state index is 12.7. The first-order valence-corrected chi connectivity index (χ1v) is 10.7. The van der Waals surface area contributed by atoms with Crippen molar-refractivity contribution in [2.24, 2.45) is 11.3 Å². The van der Waals surface area contributed by atoms with Crippen LogP contribution in [0.2, 0.25) is 0 Å². The second-order valence-corrected chi connectivity index (χ2v) is 10.7. The SMILES string of the molecule is CCC1(O)CC(C(=O)N2CC3(CCC(c4cccc(C(C)(C)C)c4)C3)C2)C1. The molecule has 3 aliphatic rings. The zero-order valence-corrected chi connectivity index (χ0v) is 17.4. The molecule has 2 saturated carbocycles. The van der Waals surface area contributed by atoms with Crippen molar-refractivity contribution in [2.45, 2.75) is 83.2 Å². The summed E-state index contributed by atoms with van der Waals surface area (Å²) in [4.78, 5) is 14.7. The van der Waals surface area contributed by atoms with Gasteiger partial charge in [-0.1, -0.05) is 52.0 Å². The van der Waals surface area contributed by atoms with Crippen LogP contribution in [0, 0.1) is 11.3 Å². The first-order valence-electron chi connectivity index (χ1n) is 10.7. The van der Waals surface area contributed by atoms with Crippen molar-refractivity contribution in [1.82, 2.24) is 4.90 Å². The van der Waals surface area contributed by atoms with Crippen LogP contribution in [0.25, 0.3) is 0 Å². The van der Waals surface area contributed by atoms with E-state index in [0.717, 1.165) is 19.5 Å². The molecule has 0 radical (unpaired) electrons. The van der Waals surface area contributed by atoms with E-state index in [1.165, 1.54) is 30.4 Å². The second-order valence-electron chi connectivity index (χ2n) is 10.7. The Labute approximate surface area is 164 Å². The highest BCUT2D eigenvalue weighted by molar-refractivity contribution is 5.81. The fourth-order valence-electron chi connectivity index (χ4n) is 5.54. The minimum absolute atomic E-state index is 0.0629. The maximum absolute atomic E-state index is 12.7. The Bertz CT molecular complexity index is 720. The summed E-state index contributed by atoms with van der Waals surface area (Å²) in [5.74, 6) is 0.989. The second kappa shape index (κ2) is 6.34. The van der Waals surface area contributed by atoms with Gasteiger partial charge in [0, 0.05) is 24.4 Å². The number of hydrogen-bond donors (Lipinski definition) is 1. The Kier molecular flexibility index (Phi) is 4.46. The molecule has 1 amide bonds. The number of nitrogens with zero attached hydrogens (tertiary/aromatic N) is 1. The molecule has 0 bridgehead atoms. The number of rotatable bonds is 3. The summed E-state index contributed by atoms with van der Waals surface area (Å²) in [6.45, 7) is 10.7. The number of carbonyl (C=O) groups is 1. The molecule has 0 aromatic heterocycles. The van der Waals surface area contributed by atoms with Gasteiger partial charge in [-0.25, -0.2) is 0 Å². The largest absolute Gasteiger partial charge is 0.390 e. The molecule has 1 aliphatic heterocycles. The van der Waals surface area contributed by atoms with E-state index in [1.807, 2.05) is 6.92 Å². The van der Waals surface area contributed by atoms with E-state index in [-0.39, 0.29) is 17.2 Å². The minimum Gasteiger partial charge on any atom is -0.390 e. The summed E-state index contributed by atoms with van der Waals surface area (Å²) in [7, 11) is 0. The zero-order chi connectivity index (χ0) is 19.4. The van der Waals surface area contributed by atoms with Crippen LogP contribution in [0.5, 0.6) is 0 Å². The number of amides is 1. The number of hydrogen-bond acceptors (Lipinski definition) is 2. The molecule has 1 aromatic rings. The van der Waals surface area contributed by atoms with Gasteiger partial charge >= 0.3 is 0 Å². The van der Waals surface area contributed by atoms with Crippen LogP contribution in [-0.4, -0.2) is 34.6 Å². The molecule has 4 rings (SSSR count). The zero-order valence-electron chi connectivity index (χ0n) is 17.4. The molecule has 1 aromatic carbocycles. The fraction of sp³-hybridized carbons (Fsp3) is 0.708. The van der Waals surface area contributed by atoms with Crippen LogP contribution in [-0.2, 0) is 10.2 Å². The van der Waals surface area contributed by atoms with E-state index in [0.29, 0.717) is 24.2 Å². The molecular weight excluding hydrogens is 334 g/mol. The standard InChI is InChI=1S/C24H35NO2/c1-5-24(27)13-19(14-24)21(26)25-15-23(16-25)10-9-18(12-23)17-7-6-8-20(11-17)22(2,3)4/h6-8,11,18-19,27H,5,9-10,12-16H2,1-4H3. The average molecular weight is 370 g/mol. The summed E-state index contributed by atoms with van der Waals surface area (Å²) >= 11 is 0. The number of carbonyl (C=O) groups excluding carboxylic acids is 1. The van der Waals surface area contributed by atoms with E-state index in [1.54, 1.807) is 0 Å². The van der Waals surface area contributed by atoms with E-state index < -0.39 is 5.60 Å². The predicted octanol–water partition coefficient (Wildman–Crippen LogP) is 4.63. The molecule has 148 valence electrons. The number of benzene rings is 1. The van der Waals surface area contributed by atoms with E-state index in [2.05, 4.69) is 49.9 Å². The van der Waals surface area contributed by atoms with Crippen LogP contribution in [0.3, 0.4) is 0 Å². The maximum Gasteiger partial charge on any atom is 0.225 e. The monoisotopic (exact) mass is 369 g/mol. The Morgan fingerprint density at radius 3 is 2.56 bits per heavy atom. The lowest BCUT2D eigenvalue weighted by atomic mass is 9.67. The van der Waals surface area contributed by atoms with Gasteiger partial charge in [0.15, 0.2) is 0 Å². The molecule has 1 unspecified atom stereocenters. The van der Waals surface area contributed by atoms with Gasteiger partial charge < -0.3 is 10.0 Å². The van der Waals surface area contributed by atoms with Crippen LogP contribution < -0.4 is 0 Å². The molecule has 1 atom stereocenters. The van der Waals surface area contributed by atoms with Gasteiger partial charge in [0.05, 0.1) is 5.60 Å². The van der Waals surface area contributed by atoms with Gasteiger partial charge in [-0.05, 0) is 61.0 Å². The molecule has 1 saturated heterocycles. The third-order valence-corrected chi connectivity index (χ3v) is 7.55. The highest BCUT2D eigenvalue weighted by Crippen LogP contribution is 2.53. The summed E-state index contributed by atoms with van der Waals surface area (Å²) < 4.78 is 0. The molecule has 1 spiro atoms. The molecule has 1 N–H and O–H groups in total. The molecule has 2 aliphatic carbocycles. The summed E-state index contributed by atoms with van der Waals surface area (Å²) in [5.41, 5.74) is 2.87. The Morgan fingerprint density at radius 1 is 1.22 bits per heavy atom. The van der Waals surface area contributed by atoms with E-state index in [9.17, 15) is 9.90 Å². The lowest BCUT2D eigenvalue weighted by molar-refractivity contribution is -0.163. The summed E-state index contributed by atoms with van der Waals surface area (Å²) in [5, 5.41) is 10.2.